The first-order valence-corrected chi connectivity index (χ1v) is 18.6. The quantitative estimate of drug-likeness (QED) is 0.157. The maximum atomic E-state index is 2.38. The van der Waals surface area contributed by atoms with E-state index in [1.54, 1.807) is 0 Å². The molecule has 0 heterocycles. The zero-order valence-electron chi connectivity index (χ0n) is 31.5. The second kappa shape index (κ2) is 14.8. The van der Waals surface area contributed by atoms with Gasteiger partial charge in [0.1, 0.15) is 0 Å². The normalized spacial score (nSPS) is 12.3. The van der Waals surface area contributed by atoms with Crippen LogP contribution in [0.2, 0.25) is 0 Å². The third-order valence-electron chi connectivity index (χ3n) is 9.07. The van der Waals surface area contributed by atoms with Crippen molar-refractivity contribution in [3.05, 3.63) is 155 Å². The molecule has 1 heteroatoms. The summed E-state index contributed by atoms with van der Waals surface area (Å²) >= 11 is 1.46. The van der Waals surface area contributed by atoms with E-state index in [0.717, 1.165) is 0 Å². The molecule has 0 aliphatic carbocycles. The second-order valence-corrected chi connectivity index (χ2v) is 18.5. The Morgan fingerprint density at radius 2 is 0.750 bits per heavy atom. The van der Waals surface area contributed by atoms with Gasteiger partial charge in [0.2, 0.25) is 0 Å². The van der Waals surface area contributed by atoms with Gasteiger partial charge < -0.3 is 0 Å². The Kier molecular flexibility index (Phi) is 11.6. The molecule has 0 aliphatic heterocycles. The van der Waals surface area contributed by atoms with Crippen molar-refractivity contribution >= 4 is 24.8 Å². The smallest absolute Gasteiger partial charge is 0.0145 e. The average Bonchev–Trinajstić information content (AvgIpc) is 3.71. The van der Waals surface area contributed by atoms with Crippen molar-refractivity contribution in [3.8, 4) is 0 Å². The fraction of sp³-hybridized carbons (Fsp3) is 0.340. The van der Waals surface area contributed by atoms with Crippen LogP contribution in [0.4, 0.5) is 0 Å². The molecule has 0 spiro atoms. The minimum atomic E-state index is 0.194. The van der Waals surface area contributed by atoms with Crippen molar-refractivity contribution in [2.45, 2.75) is 105 Å². The first-order valence-electron chi connectivity index (χ1n) is 17.4. The topological polar surface area (TPSA) is 0 Å². The van der Waals surface area contributed by atoms with Crippen LogP contribution in [0.3, 0.4) is 0 Å². The van der Waals surface area contributed by atoms with E-state index >= 15 is 0 Å². The summed E-state index contributed by atoms with van der Waals surface area (Å²) in [6, 6.07) is 44.3. The number of hydrogen-bond donors (Lipinski definition) is 0. The summed E-state index contributed by atoms with van der Waals surface area (Å²) in [5, 5.41) is 5.49. The molecular weight excluding hydrogens is 656 g/mol. The Balaban J connectivity index is 0.000000189. The second-order valence-electron chi connectivity index (χ2n) is 17.2. The molecule has 0 saturated carbocycles. The Labute approximate surface area is 306 Å². The van der Waals surface area contributed by atoms with E-state index in [9.17, 15) is 0 Å². The summed E-state index contributed by atoms with van der Waals surface area (Å²) in [7, 11) is 0. The van der Waals surface area contributed by atoms with Crippen LogP contribution in [-0.4, -0.2) is 3.21 Å². The third-order valence-corrected chi connectivity index (χ3v) is 10.5. The zero-order chi connectivity index (χ0) is 35.5. The molecule has 0 fully saturated rings. The molecule has 6 aromatic carbocycles. The molecule has 0 saturated heterocycles. The summed E-state index contributed by atoms with van der Waals surface area (Å²) < 4.78 is 1.42. The van der Waals surface area contributed by atoms with Gasteiger partial charge in [-0.15, -0.1) is 39.7 Å². The van der Waals surface area contributed by atoms with Gasteiger partial charge in [-0.1, -0.05) is 76.9 Å². The molecule has 0 bridgehead atoms. The van der Waals surface area contributed by atoms with Gasteiger partial charge >= 0.3 is 151 Å². The van der Waals surface area contributed by atoms with E-state index in [0.29, 0.717) is 0 Å². The summed E-state index contributed by atoms with van der Waals surface area (Å²) in [6.07, 6.45) is 0. The molecule has 248 valence electrons. The van der Waals surface area contributed by atoms with Crippen LogP contribution in [0.15, 0.2) is 121 Å². The van der Waals surface area contributed by atoms with E-state index in [-0.39, 0.29) is 21.7 Å². The van der Waals surface area contributed by atoms with Gasteiger partial charge in [-0.2, -0.15) is 18.2 Å². The first-order chi connectivity index (χ1) is 22.2. The van der Waals surface area contributed by atoms with Gasteiger partial charge in [-0.25, -0.2) is 12.1 Å². The standard InChI is InChI=1S/C21H25.C21H26.C5H5.Zr/c1-20(2,3)16-9-7-14-11-15-8-10-17(21(4,5)6)13-19(15)18(14)12-16;1-20(2,3)18-11-7-16(8-12-18)15-17-9-13-19(14-10-17)21(4,5)6;1-2-4-5-3-1;/h7-13H,1-6H3;7-14H,1-6H3;1-5H;/q-1;;-1;+2. The number of fused-ring (bicyclic) bond motifs is 3. The van der Waals surface area contributed by atoms with E-state index in [1.807, 2.05) is 30.3 Å². The summed E-state index contributed by atoms with van der Waals surface area (Å²) in [5.74, 6) is 0. The van der Waals surface area contributed by atoms with E-state index in [4.69, 9.17) is 0 Å². The average molecular weight is 712 g/mol. The van der Waals surface area contributed by atoms with Crippen LogP contribution in [-0.2, 0) is 45.9 Å². The largest absolute Gasteiger partial charge is 0.214 e. The summed E-state index contributed by atoms with van der Waals surface area (Å²) in [4.78, 5) is 0. The van der Waals surface area contributed by atoms with Crippen molar-refractivity contribution in [3.63, 3.8) is 0 Å². The maximum Gasteiger partial charge on any atom is -0.0145 e. The van der Waals surface area contributed by atoms with E-state index in [1.165, 1.54) is 82.4 Å². The van der Waals surface area contributed by atoms with Gasteiger partial charge in [0, 0.05) is 0 Å². The number of rotatable bonds is 2. The van der Waals surface area contributed by atoms with Gasteiger partial charge in [-0.3, -0.25) is 0 Å². The maximum absolute atomic E-state index is 2.38. The minimum absolute atomic E-state index is 0.194. The minimum Gasteiger partial charge on any atom is -0.214 e. The molecule has 48 heavy (non-hydrogen) atoms. The zero-order valence-corrected chi connectivity index (χ0v) is 34.0. The van der Waals surface area contributed by atoms with Crippen LogP contribution in [0, 0.1) is 0 Å². The van der Waals surface area contributed by atoms with Crippen LogP contribution in [0.1, 0.15) is 116 Å². The molecule has 6 rings (SSSR count). The van der Waals surface area contributed by atoms with Crippen LogP contribution >= 0.6 is 0 Å². The fourth-order valence-electron chi connectivity index (χ4n) is 5.69. The predicted molar refractivity (Wildman–Crippen MR) is 210 cm³/mol. The van der Waals surface area contributed by atoms with Crippen molar-refractivity contribution in [1.29, 1.82) is 0 Å². The Morgan fingerprint density at radius 3 is 1.02 bits per heavy atom. The van der Waals surface area contributed by atoms with Gasteiger partial charge in [0.05, 0.1) is 0 Å². The van der Waals surface area contributed by atoms with Crippen LogP contribution in [0.25, 0.3) is 21.5 Å². The number of benzene rings is 4. The monoisotopic (exact) mass is 710 g/mol. The van der Waals surface area contributed by atoms with E-state index in [2.05, 4.69) is 174 Å². The predicted octanol–water partition coefficient (Wildman–Crippen LogP) is 13.1. The molecule has 6 aromatic rings. The molecule has 0 atom stereocenters. The Hall–Kier alpha value is -3.15. The molecular formula is C47H56Zr. The van der Waals surface area contributed by atoms with Crippen molar-refractivity contribution < 1.29 is 24.2 Å². The fourth-order valence-corrected chi connectivity index (χ4v) is 6.51. The molecule has 0 radical (unpaired) electrons. The molecule has 0 amide bonds. The Morgan fingerprint density at radius 1 is 0.438 bits per heavy atom. The molecule has 0 aromatic heterocycles. The van der Waals surface area contributed by atoms with Crippen molar-refractivity contribution in [2.24, 2.45) is 0 Å². The molecule has 0 unspecified atom stereocenters. The third kappa shape index (κ3) is 9.73. The van der Waals surface area contributed by atoms with Crippen molar-refractivity contribution in [2.75, 3.05) is 0 Å². The summed E-state index contributed by atoms with van der Waals surface area (Å²) in [5.41, 5.74) is 9.10. The van der Waals surface area contributed by atoms with Crippen LogP contribution < -0.4 is 0 Å². The molecule has 0 N–H and O–H groups in total. The molecule has 0 aliphatic rings. The van der Waals surface area contributed by atoms with Crippen molar-refractivity contribution in [1.82, 2.24) is 0 Å². The SMILES string of the molecule is CC(C)(C)c1ccc([C](=[Zr+2])c2ccc(C(C)(C)C)cc2)cc1.CC(C)(C)c1ccc2[cH-]c3ccc(C(C)(C)C)cc3c2c1.c1cc[cH-]c1. The first kappa shape index (κ1) is 37.7. The van der Waals surface area contributed by atoms with Gasteiger partial charge in [0.25, 0.3) is 0 Å². The van der Waals surface area contributed by atoms with Gasteiger partial charge in [0.15, 0.2) is 0 Å². The van der Waals surface area contributed by atoms with Gasteiger partial charge in [-0.05, 0) is 10.8 Å². The van der Waals surface area contributed by atoms with Crippen LogP contribution in [0.5, 0.6) is 0 Å². The number of hydrogen-bond acceptors (Lipinski definition) is 0. The molecule has 0 nitrogen and oxygen atoms in total. The summed E-state index contributed by atoms with van der Waals surface area (Å²) in [6.45, 7) is 27.2. The Bertz CT molecular complexity index is 1770. The van der Waals surface area contributed by atoms with E-state index < -0.39 is 0 Å².